The van der Waals surface area contributed by atoms with Crippen molar-refractivity contribution in [3.05, 3.63) is 68.7 Å². The number of hydrogen-bond acceptors (Lipinski definition) is 2. The fourth-order valence-corrected chi connectivity index (χ4v) is 3.61. The third-order valence-electron chi connectivity index (χ3n) is 4.39. The van der Waals surface area contributed by atoms with Crippen molar-refractivity contribution in [1.29, 1.82) is 0 Å². The summed E-state index contributed by atoms with van der Waals surface area (Å²) < 4.78 is 0. The van der Waals surface area contributed by atoms with Crippen LogP contribution in [-0.2, 0) is 22.6 Å². The van der Waals surface area contributed by atoms with Crippen LogP contribution in [0.15, 0.2) is 42.5 Å². The number of halogens is 3. The van der Waals surface area contributed by atoms with E-state index in [4.69, 9.17) is 34.8 Å². The molecular weight excluding hydrogens is 419 g/mol. The molecule has 0 bridgehead atoms. The van der Waals surface area contributed by atoms with Gasteiger partial charge in [0, 0.05) is 28.2 Å². The predicted molar refractivity (Wildman–Crippen MR) is 115 cm³/mol. The van der Waals surface area contributed by atoms with Gasteiger partial charge in [-0.1, -0.05) is 59.9 Å². The highest BCUT2D eigenvalue weighted by Gasteiger charge is 2.29. The van der Waals surface area contributed by atoms with Crippen molar-refractivity contribution in [1.82, 2.24) is 10.2 Å². The molecule has 0 aliphatic heterocycles. The smallest absolute Gasteiger partial charge is 0.242 e. The first-order valence-corrected chi connectivity index (χ1v) is 10.2. The van der Waals surface area contributed by atoms with E-state index in [0.29, 0.717) is 33.6 Å². The zero-order valence-electron chi connectivity index (χ0n) is 15.8. The predicted octanol–water partition coefficient (Wildman–Crippen LogP) is 5.13. The molecule has 2 rings (SSSR count). The van der Waals surface area contributed by atoms with E-state index in [1.54, 1.807) is 35.2 Å². The molecule has 4 nitrogen and oxygen atoms in total. The number of carbonyl (C=O) groups excluding carboxylic acids is 2. The first-order chi connectivity index (χ1) is 13.4. The summed E-state index contributed by atoms with van der Waals surface area (Å²) in [6.07, 6.45) is 0.503. The van der Waals surface area contributed by atoms with Gasteiger partial charge >= 0.3 is 0 Å². The van der Waals surface area contributed by atoms with Gasteiger partial charge in [-0.3, -0.25) is 9.59 Å². The van der Waals surface area contributed by atoms with Crippen molar-refractivity contribution < 1.29 is 9.59 Å². The number of rotatable bonds is 8. The van der Waals surface area contributed by atoms with Crippen LogP contribution in [0, 0.1) is 0 Å². The number of carbonyl (C=O) groups is 2. The van der Waals surface area contributed by atoms with Crippen molar-refractivity contribution in [3.8, 4) is 0 Å². The summed E-state index contributed by atoms with van der Waals surface area (Å²) in [4.78, 5) is 27.3. The van der Waals surface area contributed by atoms with Crippen molar-refractivity contribution in [2.24, 2.45) is 0 Å². The minimum atomic E-state index is -0.593. The molecule has 1 atom stereocenters. The summed E-state index contributed by atoms with van der Waals surface area (Å²) in [6.45, 7) is 4.51. The standard InChI is InChI=1S/C21H23Cl3N2O2/c1-3-19(21(28)25-4-2)26(13-14-8-10-15(22)11-9-14)20(27)12-16-17(23)6-5-7-18(16)24/h5-11,19H,3-4,12-13H2,1-2H3,(H,25,28)/t19-/m0/s1. The summed E-state index contributed by atoms with van der Waals surface area (Å²) in [7, 11) is 0. The lowest BCUT2D eigenvalue weighted by molar-refractivity contribution is -0.140. The summed E-state index contributed by atoms with van der Waals surface area (Å²) in [5.74, 6) is -0.402. The molecule has 0 aliphatic carbocycles. The van der Waals surface area contributed by atoms with Crippen molar-refractivity contribution in [2.75, 3.05) is 6.54 Å². The summed E-state index contributed by atoms with van der Waals surface area (Å²) in [5.41, 5.74) is 1.44. The van der Waals surface area contributed by atoms with Crippen molar-refractivity contribution in [2.45, 2.75) is 39.3 Å². The minimum Gasteiger partial charge on any atom is -0.355 e. The van der Waals surface area contributed by atoms with E-state index in [1.807, 2.05) is 26.0 Å². The van der Waals surface area contributed by atoms with E-state index in [-0.39, 0.29) is 24.8 Å². The first-order valence-electron chi connectivity index (χ1n) is 9.11. The minimum absolute atomic E-state index is 0.0159. The Balaban J connectivity index is 2.33. The fraction of sp³-hybridized carbons (Fsp3) is 0.333. The maximum Gasteiger partial charge on any atom is 0.242 e. The van der Waals surface area contributed by atoms with Crippen LogP contribution in [0.3, 0.4) is 0 Å². The van der Waals surface area contributed by atoms with Gasteiger partial charge in [0.25, 0.3) is 0 Å². The topological polar surface area (TPSA) is 49.4 Å². The molecule has 2 aromatic carbocycles. The quantitative estimate of drug-likeness (QED) is 0.617. The molecule has 0 saturated heterocycles. The Morgan fingerprint density at radius 2 is 1.61 bits per heavy atom. The number of nitrogens with one attached hydrogen (secondary N) is 1. The van der Waals surface area contributed by atoms with Crippen molar-refractivity contribution >= 4 is 46.6 Å². The van der Waals surface area contributed by atoms with E-state index in [9.17, 15) is 9.59 Å². The average Bonchev–Trinajstić information content (AvgIpc) is 2.66. The lowest BCUT2D eigenvalue weighted by atomic mass is 10.1. The first kappa shape index (κ1) is 22.5. The van der Waals surface area contributed by atoms with Gasteiger partial charge in [-0.05, 0) is 48.7 Å². The molecule has 0 fully saturated rings. The van der Waals surface area contributed by atoms with Gasteiger partial charge in [0.05, 0.1) is 6.42 Å². The number of benzene rings is 2. The molecule has 0 heterocycles. The number of likely N-dealkylation sites (N-methyl/N-ethyl adjacent to an activating group) is 1. The SMILES string of the molecule is CCNC(=O)[C@H](CC)N(Cc1ccc(Cl)cc1)C(=O)Cc1c(Cl)cccc1Cl. The highest BCUT2D eigenvalue weighted by atomic mass is 35.5. The molecular formula is C21H23Cl3N2O2. The second-order valence-corrected chi connectivity index (χ2v) is 7.59. The monoisotopic (exact) mass is 440 g/mol. The average molecular weight is 442 g/mol. The van der Waals surface area contributed by atoms with Gasteiger partial charge in [0.1, 0.15) is 6.04 Å². The zero-order chi connectivity index (χ0) is 20.7. The molecule has 1 N–H and O–H groups in total. The van der Waals surface area contributed by atoms with Crippen LogP contribution in [0.1, 0.15) is 31.4 Å². The molecule has 0 saturated carbocycles. The zero-order valence-corrected chi connectivity index (χ0v) is 18.1. The Kier molecular flexibility index (Phi) is 8.61. The summed E-state index contributed by atoms with van der Waals surface area (Å²) in [5, 5.41) is 4.28. The normalized spacial score (nSPS) is 11.8. The Morgan fingerprint density at radius 3 is 2.14 bits per heavy atom. The van der Waals surface area contributed by atoms with Crippen LogP contribution >= 0.6 is 34.8 Å². The van der Waals surface area contributed by atoms with E-state index in [0.717, 1.165) is 5.56 Å². The molecule has 0 radical (unpaired) electrons. The van der Waals surface area contributed by atoms with Gasteiger partial charge in [0.15, 0.2) is 0 Å². The molecule has 2 amide bonds. The van der Waals surface area contributed by atoms with Crippen LogP contribution in [0.25, 0.3) is 0 Å². The molecule has 2 aromatic rings. The van der Waals surface area contributed by atoms with Gasteiger partial charge in [0.2, 0.25) is 11.8 Å². The Labute approximate surface area is 180 Å². The van der Waals surface area contributed by atoms with Gasteiger partial charge < -0.3 is 10.2 Å². The molecule has 7 heteroatoms. The van der Waals surface area contributed by atoms with E-state index < -0.39 is 6.04 Å². The van der Waals surface area contributed by atoms with Crippen LogP contribution in [0.2, 0.25) is 15.1 Å². The van der Waals surface area contributed by atoms with E-state index in [1.165, 1.54) is 0 Å². The molecule has 28 heavy (non-hydrogen) atoms. The molecule has 0 unspecified atom stereocenters. The van der Waals surface area contributed by atoms with Crippen molar-refractivity contribution in [3.63, 3.8) is 0 Å². The van der Waals surface area contributed by atoms with Crippen LogP contribution < -0.4 is 5.32 Å². The second-order valence-electron chi connectivity index (χ2n) is 6.34. The maximum atomic E-state index is 13.2. The van der Waals surface area contributed by atoms with Crippen LogP contribution in [0.4, 0.5) is 0 Å². The van der Waals surface area contributed by atoms with E-state index >= 15 is 0 Å². The Bertz CT molecular complexity index is 805. The van der Waals surface area contributed by atoms with Gasteiger partial charge in [-0.15, -0.1) is 0 Å². The summed E-state index contributed by atoms with van der Waals surface area (Å²) in [6, 6.07) is 11.7. The fourth-order valence-electron chi connectivity index (χ4n) is 2.95. The molecule has 0 spiro atoms. The Morgan fingerprint density at radius 1 is 1.00 bits per heavy atom. The largest absolute Gasteiger partial charge is 0.355 e. The molecule has 150 valence electrons. The van der Waals surface area contributed by atoms with Gasteiger partial charge in [-0.2, -0.15) is 0 Å². The maximum absolute atomic E-state index is 13.2. The second kappa shape index (κ2) is 10.7. The number of amides is 2. The lowest BCUT2D eigenvalue weighted by Gasteiger charge is -2.31. The van der Waals surface area contributed by atoms with E-state index in [2.05, 4.69) is 5.32 Å². The Hall–Kier alpha value is -1.75. The van der Waals surface area contributed by atoms with Crippen LogP contribution in [-0.4, -0.2) is 29.3 Å². The molecule has 0 aromatic heterocycles. The molecule has 0 aliphatic rings. The third-order valence-corrected chi connectivity index (χ3v) is 5.35. The highest BCUT2D eigenvalue weighted by molar-refractivity contribution is 6.36. The van der Waals surface area contributed by atoms with Gasteiger partial charge in [-0.25, -0.2) is 0 Å². The highest BCUT2D eigenvalue weighted by Crippen LogP contribution is 2.26. The summed E-state index contributed by atoms with van der Waals surface area (Å²) >= 11 is 18.4. The number of hydrogen-bond donors (Lipinski definition) is 1. The van der Waals surface area contributed by atoms with Crippen LogP contribution in [0.5, 0.6) is 0 Å². The lowest BCUT2D eigenvalue weighted by Crippen LogP contribution is -2.49. The third kappa shape index (κ3) is 5.87. The number of nitrogens with zero attached hydrogens (tertiary/aromatic N) is 1.